The Morgan fingerprint density at radius 3 is 2.94 bits per heavy atom. The average Bonchev–Trinajstić information content (AvgIpc) is 2.62. The van der Waals surface area contributed by atoms with Crippen LogP contribution in [0.3, 0.4) is 0 Å². The molecule has 1 aliphatic rings. The van der Waals surface area contributed by atoms with E-state index in [2.05, 4.69) is 26.1 Å². The highest BCUT2D eigenvalue weighted by Crippen LogP contribution is 2.15. The van der Waals surface area contributed by atoms with Gasteiger partial charge in [0.25, 0.3) is 0 Å². The smallest absolute Gasteiger partial charge is 0.241 e. The molecule has 0 bridgehead atoms. The minimum atomic E-state index is 0.0753. The minimum absolute atomic E-state index is 0.0753. The first kappa shape index (κ1) is 13.8. The quantitative estimate of drug-likeness (QED) is 0.696. The van der Waals surface area contributed by atoms with Gasteiger partial charge in [-0.1, -0.05) is 20.3 Å². The molecule has 0 aliphatic carbocycles. The fourth-order valence-electron chi connectivity index (χ4n) is 2.02. The maximum atomic E-state index is 12.0. The van der Waals surface area contributed by atoms with Crippen molar-refractivity contribution in [3.05, 3.63) is 0 Å². The Labute approximate surface area is 103 Å². The lowest BCUT2D eigenvalue weighted by atomic mass is 10.1. The fraction of sp³-hybridized carbons (Fsp3) is 0.917. The summed E-state index contributed by atoms with van der Waals surface area (Å²) in [5.74, 6) is 2.62. The molecule has 0 spiro atoms. The van der Waals surface area contributed by atoms with E-state index in [-0.39, 0.29) is 6.04 Å². The number of nitrogens with one attached hydrogen (secondary N) is 1. The Bertz CT molecular complexity index is 223. The largest absolute Gasteiger partial charge is 0.326 e. The SMILES string of the molecule is CCCC1NCN(C(C)CCSCC)C1=O. The Balaban J connectivity index is 2.34. The molecule has 94 valence electrons. The van der Waals surface area contributed by atoms with E-state index in [1.54, 1.807) is 0 Å². The molecule has 2 unspecified atom stereocenters. The fourth-order valence-corrected chi connectivity index (χ4v) is 2.81. The molecule has 1 aliphatic heterocycles. The van der Waals surface area contributed by atoms with E-state index in [1.165, 1.54) is 0 Å². The number of rotatable bonds is 7. The summed E-state index contributed by atoms with van der Waals surface area (Å²) in [6.07, 6.45) is 3.13. The zero-order valence-electron chi connectivity index (χ0n) is 10.7. The topological polar surface area (TPSA) is 32.3 Å². The van der Waals surface area contributed by atoms with Gasteiger partial charge < -0.3 is 4.90 Å². The van der Waals surface area contributed by atoms with Crippen molar-refractivity contribution in [2.45, 2.75) is 52.1 Å². The van der Waals surface area contributed by atoms with Crippen molar-refractivity contribution in [1.29, 1.82) is 0 Å². The predicted molar refractivity (Wildman–Crippen MR) is 70.6 cm³/mol. The van der Waals surface area contributed by atoms with Crippen LogP contribution in [0.4, 0.5) is 0 Å². The van der Waals surface area contributed by atoms with Crippen LogP contribution in [0.2, 0.25) is 0 Å². The van der Waals surface area contributed by atoms with E-state index in [0.29, 0.717) is 11.9 Å². The number of hydrogen-bond donors (Lipinski definition) is 1. The van der Waals surface area contributed by atoms with Gasteiger partial charge in [-0.15, -0.1) is 0 Å². The van der Waals surface area contributed by atoms with Crippen molar-refractivity contribution >= 4 is 17.7 Å². The molecular formula is C12H24N2OS. The second-order valence-electron chi connectivity index (χ2n) is 4.35. The van der Waals surface area contributed by atoms with Crippen molar-refractivity contribution in [2.24, 2.45) is 0 Å². The summed E-state index contributed by atoms with van der Waals surface area (Å²) in [6.45, 7) is 7.19. The van der Waals surface area contributed by atoms with Crippen molar-refractivity contribution in [2.75, 3.05) is 18.2 Å². The van der Waals surface area contributed by atoms with Crippen LogP contribution in [0.5, 0.6) is 0 Å². The molecule has 1 rings (SSSR count). The molecule has 0 aromatic rings. The Hall–Kier alpha value is -0.220. The number of hydrogen-bond acceptors (Lipinski definition) is 3. The molecule has 1 amide bonds. The maximum absolute atomic E-state index is 12.0. The van der Waals surface area contributed by atoms with Gasteiger partial charge >= 0.3 is 0 Å². The van der Waals surface area contributed by atoms with E-state index >= 15 is 0 Å². The lowest BCUT2D eigenvalue weighted by molar-refractivity contribution is -0.130. The summed E-state index contributed by atoms with van der Waals surface area (Å²) in [5, 5.41) is 3.30. The lowest BCUT2D eigenvalue weighted by Crippen LogP contribution is -2.37. The monoisotopic (exact) mass is 244 g/mol. The number of thioether (sulfide) groups is 1. The number of nitrogens with zero attached hydrogens (tertiary/aromatic N) is 1. The van der Waals surface area contributed by atoms with Gasteiger partial charge in [0.05, 0.1) is 12.7 Å². The molecule has 1 fully saturated rings. The average molecular weight is 244 g/mol. The van der Waals surface area contributed by atoms with E-state index < -0.39 is 0 Å². The zero-order chi connectivity index (χ0) is 12.0. The summed E-state index contributed by atoms with van der Waals surface area (Å²) in [6, 6.07) is 0.451. The standard InChI is InChI=1S/C12H24N2OS/c1-4-6-11-12(15)14(9-13-11)10(3)7-8-16-5-2/h10-11,13H,4-9H2,1-3H3. The third kappa shape index (κ3) is 3.67. The number of carbonyl (C=O) groups excluding carboxylic acids is 1. The van der Waals surface area contributed by atoms with E-state index in [0.717, 1.165) is 37.4 Å². The molecule has 1 heterocycles. The third-order valence-corrected chi connectivity index (χ3v) is 4.02. The molecule has 2 atom stereocenters. The third-order valence-electron chi connectivity index (χ3n) is 3.08. The van der Waals surface area contributed by atoms with E-state index in [1.807, 2.05) is 16.7 Å². The molecule has 4 heteroatoms. The van der Waals surface area contributed by atoms with Gasteiger partial charge in [-0.2, -0.15) is 11.8 Å². The van der Waals surface area contributed by atoms with Crippen molar-refractivity contribution in [1.82, 2.24) is 10.2 Å². The molecule has 1 saturated heterocycles. The number of carbonyl (C=O) groups is 1. The Morgan fingerprint density at radius 1 is 1.56 bits per heavy atom. The second kappa shape index (κ2) is 7.17. The normalized spacial score (nSPS) is 22.8. The van der Waals surface area contributed by atoms with Crippen LogP contribution in [0.25, 0.3) is 0 Å². The summed E-state index contributed by atoms with van der Waals surface area (Å²) in [5.41, 5.74) is 0. The van der Waals surface area contributed by atoms with Gasteiger partial charge in [0.15, 0.2) is 0 Å². The van der Waals surface area contributed by atoms with E-state index in [4.69, 9.17) is 0 Å². The highest BCUT2D eigenvalue weighted by atomic mass is 32.2. The van der Waals surface area contributed by atoms with Crippen LogP contribution in [0.1, 0.15) is 40.0 Å². The van der Waals surface area contributed by atoms with E-state index in [9.17, 15) is 4.79 Å². The Morgan fingerprint density at radius 2 is 2.31 bits per heavy atom. The summed E-state index contributed by atoms with van der Waals surface area (Å²) in [4.78, 5) is 14.0. The van der Waals surface area contributed by atoms with Gasteiger partial charge in [0.1, 0.15) is 0 Å². The van der Waals surface area contributed by atoms with Crippen LogP contribution >= 0.6 is 11.8 Å². The van der Waals surface area contributed by atoms with Crippen LogP contribution in [-0.4, -0.2) is 41.1 Å². The summed E-state index contributed by atoms with van der Waals surface area (Å²) in [7, 11) is 0. The van der Waals surface area contributed by atoms with Crippen molar-refractivity contribution in [3.8, 4) is 0 Å². The van der Waals surface area contributed by atoms with Gasteiger partial charge in [0, 0.05) is 6.04 Å². The van der Waals surface area contributed by atoms with Gasteiger partial charge in [-0.25, -0.2) is 0 Å². The van der Waals surface area contributed by atoms with Gasteiger partial charge in [-0.3, -0.25) is 10.1 Å². The molecule has 0 radical (unpaired) electrons. The van der Waals surface area contributed by atoms with Crippen molar-refractivity contribution < 1.29 is 4.79 Å². The minimum Gasteiger partial charge on any atom is -0.326 e. The van der Waals surface area contributed by atoms with Crippen molar-refractivity contribution in [3.63, 3.8) is 0 Å². The molecular weight excluding hydrogens is 220 g/mol. The molecule has 16 heavy (non-hydrogen) atoms. The predicted octanol–water partition coefficient (Wildman–Crippen LogP) is 2.08. The van der Waals surface area contributed by atoms with Crippen LogP contribution in [0.15, 0.2) is 0 Å². The second-order valence-corrected chi connectivity index (χ2v) is 5.74. The first-order valence-corrected chi connectivity index (χ1v) is 7.47. The highest BCUT2D eigenvalue weighted by molar-refractivity contribution is 7.99. The molecule has 1 N–H and O–H groups in total. The zero-order valence-corrected chi connectivity index (χ0v) is 11.5. The maximum Gasteiger partial charge on any atom is 0.241 e. The number of amides is 1. The summed E-state index contributed by atoms with van der Waals surface area (Å²) < 4.78 is 0. The first-order valence-electron chi connectivity index (χ1n) is 6.32. The van der Waals surface area contributed by atoms with Crippen LogP contribution in [0, 0.1) is 0 Å². The van der Waals surface area contributed by atoms with Crippen LogP contribution in [-0.2, 0) is 4.79 Å². The lowest BCUT2D eigenvalue weighted by Gasteiger charge is -2.23. The molecule has 3 nitrogen and oxygen atoms in total. The van der Waals surface area contributed by atoms with Gasteiger partial charge in [0.2, 0.25) is 5.91 Å². The molecule has 0 aromatic heterocycles. The van der Waals surface area contributed by atoms with Gasteiger partial charge in [-0.05, 0) is 31.3 Å². The molecule has 0 aromatic carbocycles. The molecule has 0 saturated carbocycles. The van der Waals surface area contributed by atoms with Crippen LogP contribution < -0.4 is 5.32 Å². The highest BCUT2D eigenvalue weighted by Gasteiger charge is 2.32. The first-order chi connectivity index (χ1) is 7.70. The Kier molecular flexibility index (Phi) is 6.21. The summed E-state index contributed by atoms with van der Waals surface area (Å²) >= 11 is 1.95.